The Morgan fingerprint density at radius 2 is 2.26 bits per heavy atom. The highest BCUT2D eigenvalue weighted by molar-refractivity contribution is 9.10. The molecule has 4 nitrogen and oxygen atoms in total. The molecular formula is C14H14BrN3O. The highest BCUT2D eigenvalue weighted by Gasteiger charge is 2.19. The molecule has 1 atom stereocenters. The van der Waals surface area contributed by atoms with Crippen molar-refractivity contribution >= 4 is 15.9 Å². The molecule has 2 aromatic rings. The lowest BCUT2D eigenvalue weighted by Crippen LogP contribution is -2.15. The van der Waals surface area contributed by atoms with E-state index in [0.29, 0.717) is 6.42 Å². The molecule has 0 fully saturated rings. The minimum Gasteiger partial charge on any atom is -0.493 e. The number of nitrogens with zero attached hydrogens (tertiary/aromatic N) is 2. The molecule has 3 rings (SSSR count). The van der Waals surface area contributed by atoms with Crippen molar-refractivity contribution in [2.75, 3.05) is 6.61 Å². The molecule has 0 saturated heterocycles. The Labute approximate surface area is 120 Å². The predicted octanol–water partition coefficient (Wildman–Crippen LogP) is 2.42. The molecule has 2 heterocycles. The quantitative estimate of drug-likeness (QED) is 0.943. The van der Waals surface area contributed by atoms with E-state index in [1.165, 1.54) is 5.56 Å². The number of aromatic nitrogens is 2. The van der Waals surface area contributed by atoms with E-state index in [0.717, 1.165) is 34.5 Å². The van der Waals surface area contributed by atoms with E-state index in [-0.39, 0.29) is 6.04 Å². The summed E-state index contributed by atoms with van der Waals surface area (Å²) in [4.78, 5) is 8.31. The van der Waals surface area contributed by atoms with Crippen LogP contribution in [0.15, 0.2) is 35.2 Å². The van der Waals surface area contributed by atoms with E-state index in [4.69, 9.17) is 10.5 Å². The zero-order chi connectivity index (χ0) is 13.2. The third-order valence-corrected chi connectivity index (χ3v) is 3.69. The molecule has 1 aromatic carbocycles. The Morgan fingerprint density at radius 3 is 3.05 bits per heavy atom. The maximum atomic E-state index is 6.20. The lowest BCUT2D eigenvalue weighted by atomic mass is 10.0. The van der Waals surface area contributed by atoms with E-state index in [9.17, 15) is 0 Å². The van der Waals surface area contributed by atoms with Crippen molar-refractivity contribution in [1.82, 2.24) is 9.97 Å². The van der Waals surface area contributed by atoms with E-state index in [1.807, 2.05) is 0 Å². The third kappa shape index (κ3) is 2.62. The van der Waals surface area contributed by atoms with Gasteiger partial charge < -0.3 is 10.5 Å². The van der Waals surface area contributed by atoms with E-state index < -0.39 is 0 Å². The molecule has 1 aliphatic heterocycles. The predicted molar refractivity (Wildman–Crippen MR) is 76.0 cm³/mol. The number of ether oxygens (including phenoxy) is 1. The first kappa shape index (κ1) is 12.6. The van der Waals surface area contributed by atoms with Crippen molar-refractivity contribution in [3.63, 3.8) is 0 Å². The first-order chi connectivity index (χ1) is 9.24. The van der Waals surface area contributed by atoms with Crippen LogP contribution in [0.5, 0.6) is 5.75 Å². The van der Waals surface area contributed by atoms with Crippen LogP contribution < -0.4 is 10.5 Å². The number of benzene rings is 1. The van der Waals surface area contributed by atoms with Crippen LogP contribution in [0.25, 0.3) is 0 Å². The fourth-order valence-electron chi connectivity index (χ4n) is 2.34. The van der Waals surface area contributed by atoms with Gasteiger partial charge in [0.2, 0.25) is 0 Å². The van der Waals surface area contributed by atoms with Crippen molar-refractivity contribution in [1.29, 1.82) is 0 Å². The number of halogens is 1. The van der Waals surface area contributed by atoms with Crippen LogP contribution in [0.1, 0.15) is 22.9 Å². The number of hydrogen-bond donors (Lipinski definition) is 1. The Morgan fingerprint density at radius 1 is 1.37 bits per heavy atom. The second-order valence-corrected chi connectivity index (χ2v) is 5.51. The van der Waals surface area contributed by atoms with Crippen LogP contribution in [0.4, 0.5) is 0 Å². The summed E-state index contributed by atoms with van der Waals surface area (Å²) in [5, 5.41) is 0. The van der Waals surface area contributed by atoms with Gasteiger partial charge in [-0.25, -0.2) is 0 Å². The van der Waals surface area contributed by atoms with E-state index >= 15 is 0 Å². The van der Waals surface area contributed by atoms with Gasteiger partial charge in [0.05, 0.1) is 18.3 Å². The molecule has 0 bridgehead atoms. The Balaban J connectivity index is 1.88. The molecule has 2 N–H and O–H groups in total. The van der Waals surface area contributed by atoms with Crippen molar-refractivity contribution in [3.05, 3.63) is 52.0 Å². The summed E-state index contributed by atoms with van der Waals surface area (Å²) in [5.41, 5.74) is 9.37. The molecule has 1 aromatic heterocycles. The summed E-state index contributed by atoms with van der Waals surface area (Å²) in [7, 11) is 0. The summed E-state index contributed by atoms with van der Waals surface area (Å²) in [6.45, 7) is 0.749. The Hall–Kier alpha value is -1.46. The lowest BCUT2D eigenvalue weighted by Gasteiger charge is -2.14. The second-order valence-electron chi connectivity index (χ2n) is 4.59. The first-order valence-electron chi connectivity index (χ1n) is 6.19. The van der Waals surface area contributed by atoms with Crippen LogP contribution >= 0.6 is 15.9 Å². The molecule has 5 heteroatoms. The smallest absolute Gasteiger partial charge is 0.125 e. The van der Waals surface area contributed by atoms with Gasteiger partial charge in [-0.3, -0.25) is 9.97 Å². The fourth-order valence-corrected chi connectivity index (χ4v) is 2.89. The van der Waals surface area contributed by atoms with Crippen molar-refractivity contribution in [3.8, 4) is 5.75 Å². The maximum Gasteiger partial charge on any atom is 0.125 e. The van der Waals surface area contributed by atoms with Crippen molar-refractivity contribution < 1.29 is 4.74 Å². The number of nitrogens with two attached hydrogens (primary N) is 1. The lowest BCUT2D eigenvalue weighted by molar-refractivity contribution is 0.352. The highest BCUT2D eigenvalue weighted by atomic mass is 79.9. The standard InChI is InChI=1S/C14H14BrN3O/c15-11-5-9-1-4-19-14(9)10(6-11)7-12(16)13-8-17-2-3-18-13/h2-3,5-6,8,12H,1,4,7,16H2. The summed E-state index contributed by atoms with van der Waals surface area (Å²) in [6.07, 6.45) is 6.68. The Bertz CT molecular complexity index is 589. The van der Waals surface area contributed by atoms with Crippen LogP contribution in [-0.4, -0.2) is 16.6 Å². The van der Waals surface area contributed by atoms with E-state index in [2.05, 4.69) is 38.0 Å². The highest BCUT2D eigenvalue weighted by Crippen LogP contribution is 2.34. The zero-order valence-corrected chi connectivity index (χ0v) is 11.9. The summed E-state index contributed by atoms with van der Waals surface area (Å²) >= 11 is 3.54. The molecule has 0 amide bonds. The van der Waals surface area contributed by atoms with Crippen molar-refractivity contribution in [2.45, 2.75) is 18.9 Å². The van der Waals surface area contributed by atoms with Gasteiger partial charge in [-0.1, -0.05) is 15.9 Å². The molecule has 0 spiro atoms. The van der Waals surface area contributed by atoms with Crippen LogP contribution in [0, 0.1) is 0 Å². The van der Waals surface area contributed by atoms with Crippen LogP contribution in [0.3, 0.4) is 0 Å². The largest absolute Gasteiger partial charge is 0.493 e. The zero-order valence-electron chi connectivity index (χ0n) is 10.3. The SMILES string of the molecule is NC(Cc1cc(Br)cc2c1OCC2)c1cnccn1. The summed E-state index contributed by atoms with van der Waals surface area (Å²) in [5.74, 6) is 0.988. The van der Waals surface area contributed by atoms with Gasteiger partial charge in [0.25, 0.3) is 0 Å². The van der Waals surface area contributed by atoms with Gasteiger partial charge >= 0.3 is 0 Å². The van der Waals surface area contributed by atoms with Crippen LogP contribution in [-0.2, 0) is 12.8 Å². The van der Waals surface area contributed by atoms with E-state index in [1.54, 1.807) is 18.6 Å². The summed E-state index contributed by atoms with van der Waals surface area (Å²) < 4.78 is 6.78. The molecule has 0 aliphatic carbocycles. The normalized spacial score (nSPS) is 14.8. The van der Waals surface area contributed by atoms with Gasteiger partial charge in [-0.15, -0.1) is 0 Å². The van der Waals surface area contributed by atoms with Gasteiger partial charge in [0.1, 0.15) is 5.75 Å². The number of hydrogen-bond acceptors (Lipinski definition) is 4. The average molecular weight is 320 g/mol. The van der Waals surface area contributed by atoms with Crippen molar-refractivity contribution in [2.24, 2.45) is 5.73 Å². The minimum absolute atomic E-state index is 0.170. The monoisotopic (exact) mass is 319 g/mol. The van der Waals surface area contributed by atoms with Crippen LogP contribution in [0.2, 0.25) is 0 Å². The van der Waals surface area contributed by atoms with Gasteiger partial charge in [-0.05, 0) is 29.7 Å². The molecular weight excluding hydrogens is 306 g/mol. The third-order valence-electron chi connectivity index (χ3n) is 3.23. The van der Waals surface area contributed by atoms with Gasteiger partial charge in [0.15, 0.2) is 0 Å². The van der Waals surface area contributed by atoms with Gasteiger partial charge in [0, 0.05) is 29.5 Å². The number of rotatable bonds is 3. The average Bonchev–Trinajstić information content (AvgIpc) is 2.88. The maximum absolute atomic E-state index is 6.20. The minimum atomic E-state index is -0.170. The molecule has 19 heavy (non-hydrogen) atoms. The number of fused-ring (bicyclic) bond motifs is 1. The summed E-state index contributed by atoms with van der Waals surface area (Å²) in [6, 6.07) is 4.01. The fraction of sp³-hybridized carbons (Fsp3) is 0.286. The topological polar surface area (TPSA) is 61.0 Å². The molecule has 1 aliphatic rings. The molecule has 0 radical (unpaired) electrons. The molecule has 98 valence electrons. The Kier molecular flexibility index (Phi) is 3.48. The first-order valence-corrected chi connectivity index (χ1v) is 6.99. The molecule has 1 unspecified atom stereocenters. The molecule has 0 saturated carbocycles. The second kappa shape index (κ2) is 5.27. The van der Waals surface area contributed by atoms with Gasteiger partial charge in [-0.2, -0.15) is 0 Å².